The summed E-state index contributed by atoms with van der Waals surface area (Å²) in [6.07, 6.45) is 0. The lowest BCUT2D eigenvalue weighted by molar-refractivity contribution is 0.686. The van der Waals surface area contributed by atoms with Crippen LogP contribution in [0, 0.1) is 13.8 Å². The van der Waals surface area contributed by atoms with Gasteiger partial charge in [-0.25, -0.2) is 9.98 Å². The molecule has 1 atom stereocenters. The molecule has 6 heteroatoms. The van der Waals surface area contributed by atoms with Gasteiger partial charge in [0.25, 0.3) is 0 Å². The zero-order valence-corrected chi connectivity index (χ0v) is 15.6. The van der Waals surface area contributed by atoms with Crippen LogP contribution in [-0.2, 0) is 6.54 Å². The Morgan fingerprint density at radius 2 is 2.00 bits per heavy atom. The molecule has 1 aromatic heterocycles. The summed E-state index contributed by atoms with van der Waals surface area (Å²) in [5.41, 5.74) is 2.26. The van der Waals surface area contributed by atoms with Crippen LogP contribution < -0.4 is 10.6 Å². The number of aromatic nitrogens is 1. The molecule has 0 spiro atoms. The zero-order chi connectivity index (χ0) is 16.8. The van der Waals surface area contributed by atoms with Gasteiger partial charge in [0.15, 0.2) is 5.96 Å². The van der Waals surface area contributed by atoms with E-state index in [0.717, 1.165) is 28.2 Å². The Hall–Kier alpha value is -1.59. The van der Waals surface area contributed by atoms with Crippen LogP contribution in [0.2, 0.25) is 5.02 Å². The second-order valence-electron chi connectivity index (χ2n) is 5.36. The minimum atomic E-state index is 0.143. The molecule has 0 amide bonds. The third-order valence-corrected chi connectivity index (χ3v) is 4.82. The predicted octanol–water partition coefficient (Wildman–Crippen LogP) is 4.23. The molecule has 0 radical (unpaired) electrons. The molecule has 2 aromatic rings. The van der Waals surface area contributed by atoms with Crippen molar-refractivity contribution in [1.29, 1.82) is 0 Å². The smallest absolute Gasteiger partial charge is 0.192 e. The van der Waals surface area contributed by atoms with Crippen molar-refractivity contribution >= 4 is 28.9 Å². The molecule has 0 aliphatic rings. The number of rotatable bonds is 5. The average molecular weight is 351 g/mol. The van der Waals surface area contributed by atoms with E-state index in [4.69, 9.17) is 11.6 Å². The van der Waals surface area contributed by atoms with Gasteiger partial charge in [0.2, 0.25) is 0 Å². The van der Waals surface area contributed by atoms with Crippen molar-refractivity contribution in [3.05, 3.63) is 50.4 Å². The van der Waals surface area contributed by atoms with Gasteiger partial charge in [-0.3, -0.25) is 0 Å². The van der Waals surface area contributed by atoms with Gasteiger partial charge in [-0.2, -0.15) is 0 Å². The highest BCUT2D eigenvalue weighted by molar-refractivity contribution is 7.11. The molecule has 2 N–H and O–H groups in total. The predicted molar refractivity (Wildman–Crippen MR) is 99.4 cm³/mol. The number of nitrogens with one attached hydrogen (secondary N) is 2. The molecule has 1 unspecified atom stereocenters. The molecule has 0 saturated heterocycles. The molecular weight excluding hydrogens is 328 g/mol. The zero-order valence-electron chi connectivity index (χ0n) is 14.0. The molecule has 2 rings (SSSR count). The number of benzene rings is 1. The third-order valence-electron chi connectivity index (χ3n) is 3.51. The largest absolute Gasteiger partial charge is 0.357 e. The lowest BCUT2D eigenvalue weighted by Gasteiger charge is -2.18. The summed E-state index contributed by atoms with van der Waals surface area (Å²) >= 11 is 7.64. The number of nitrogens with zero attached hydrogens (tertiary/aromatic N) is 2. The third kappa shape index (κ3) is 5.22. The van der Waals surface area contributed by atoms with Crippen LogP contribution in [-0.4, -0.2) is 17.5 Å². The maximum Gasteiger partial charge on any atom is 0.192 e. The van der Waals surface area contributed by atoms with Gasteiger partial charge in [0.05, 0.1) is 18.3 Å². The van der Waals surface area contributed by atoms with Crippen molar-refractivity contribution in [1.82, 2.24) is 15.6 Å². The monoisotopic (exact) mass is 350 g/mol. The summed E-state index contributed by atoms with van der Waals surface area (Å²) in [4.78, 5) is 10.4. The van der Waals surface area contributed by atoms with Crippen LogP contribution >= 0.6 is 22.9 Å². The minimum Gasteiger partial charge on any atom is -0.357 e. The highest BCUT2D eigenvalue weighted by atomic mass is 35.5. The highest BCUT2D eigenvalue weighted by Crippen LogP contribution is 2.18. The van der Waals surface area contributed by atoms with Gasteiger partial charge >= 0.3 is 0 Å². The number of hydrogen-bond acceptors (Lipinski definition) is 3. The van der Waals surface area contributed by atoms with E-state index < -0.39 is 0 Å². The summed E-state index contributed by atoms with van der Waals surface area (Å²) in [5, 5.41) is 8.48. The molecule has 23 heavy (non-hydrogen) atoms. The summed E-state index contributed by atoms with van der Waals surface area (Å²) in [7, 11) is 0. The maximum atomic E-state index is 5.94. The highest BCUT2D eigenvalue weighted by Gasteiger charge is 2.08. The minimum absolute atomic E-state index is 0.143. The molecule has 0 fully saturated rings. The van der Waals surface area contributed by atoms with E-state index >= 15 is 0 Å². The van der Waals surface area contributed by atoms with Gasteiger partial charge in [0.1, 0.15) is 5.01 Å². The van der Waals surface area contributed by atoms with E-state index in [2.05, 4.69) is 41.4 Å². The van der Waals surface area contributed by atoms with Crippen LogP contribution in [0.15, 0.2) is 29.3 Å². The van der Waals surface area contributed by atoms with Crippen LogP contribution in [0.4, 0.5) is 0 Å². The summed E-state index contributed by atoms with van der Waals surface area (Å²) < 4.78 is 0. The Morgan fingerprint density at radius 1 is 1.30 bits per heavy atom. The summed E-state index contributed by atoms with van der Waals surface area (Å²) in [6, 6.07) is 8.00. The molecule has 124 valence electrons. The number of thiazole rings is 1. The van der Waals surface area contributed by atoms with E-state index in [9.17, 15) is 0 Å². The fraction of sp³-hybridized carbons (Fsp3) is 0.412. The Labute approximate surface area is 147 Å². The van der Waals surface area contributed by atoms with Gasteiger partial charge in [-0.1, -0.05) is 23.7 Å². The van der Waals surface area contributed by atoms with E-state index in [1.165, 1.54) is 10.4 Å². The Balaban J connectivity index is 2.04. The Morgan fingerprint density at radius 3 is 2.57 bits per heavy atom. The quantitative estimate of drug-likeness (QED) is 0.626. The van der Waals surface area contributed by atoms with Crippen LogP contribution in [0.1, 0.15) is 41.0 Å². The van der Waals surface area contributed by atoms with Crippen molar-refractivity contribution in [3.63, 3.8) is 0 Å². The molecule has 1 aromatic carbocycles. The second-order valence-corrected chi connectivity index (χ2v) is 7.09. The molecule has 0 saturated carbocycles. The average Bonchev–Trinajstić information content (AvgIpc) is 2.84. The fourth-order valence-corrected chi connectivity index (χ4v) is 3.10. The fourth-order valence-electron chi connectivity index (χ4n) is 2.11. The molecule has 0 bridgehead atoms. The first-order valence-electron chi connectivity index (χ1n) is 7.72. The van der Waals surface area contributed by atoms with Gasteiger partial charge in [-0.05, 0) is 45.4 Å². The van der Waals surface area contributed by atoms with Crippen LogP contribution in [0.5, 0.6) is 0 Å². The van der Waals surface area contributed by atoms with Crippen molar-refractivity contribution < 1.29 is 0 Å². The van der Waals surface area contributed by atoms with Gasteiger partial charge in [0, 0.05) is 16.4 Å². The number of aryl methyl sites for hydroxylation is 2. The van der Waals surface area contributed by atoms with Crippen molar-refractivity contribution in [2.75, 3.05) is 6.54 Å². The first-order chi connectivity index (χ1) is 11.0. The number of aliphatic imine (C=N–C) groups is 1. The van der Waals surface area contributed by atoms with Crippen LogP contribution in [0.3, 0.4) is 0 Å². The van der Waals surface area contributed by atoms with Crippen molar-refractivity contribution in [2.45, 2.75) is 40.3 Å². The standard InChI is InChI=1S/C17H23ClN4S/c1-5-19-17(20-10-16-21-11(2)13(4)23-16)22-12(3)14-6-8-15(18)9-7-14/h6-9,12H,5,10H2,1-4H3,(H2,19,20,22). The van der Waals surface area contributed by atoms with Crippen molar-refractivity contribution in [2.24, 2.45) is 4.99 Å². The van der Waals surface area contributed by atoms with Gasteiger partial charge < -0.3 is 10.6 Å². The molecule has 1 heterocycles. The Bertz CT molecular complexity index is 644. The summed E-state index contributed by atoms with van der Waals surface area (Å²) in [5.74, 6) is 0.792. The lowest BCUT2D eigenvalue weighted by atomic mass is 10.1. The maximum absolute atomic E-state index is 5.94. The van der Waals surface area contributed by atoms with Crippen molar-refractivity contribution in [3.8, 4) is 0 Å². The first kappa shape index (κ1) is 17.8. The molecular formula is C17H23ClN4S. The molecule has 4 nitrogen and oxygen atoms in total. The number of hydrogen-bond donors (Lipinski definition) is 2. The SMILES string of the molecule is CCNC(=NCc1nc(C)c(C)s1)NC(C)c1ccc(Cl)cc1. The number of halogens is 1. The Kier molecular flexibility index (Phi) is 6.42. The lowest BCUT2D eigenvalue weighted by Crippen LogP contribution is -2.38. The van der Waals surface area contributed by atoms with E-state index in [-0.39, 0.29) is 6.04 Å². The number of guanidine groups is 1. The normalized spacial score (nSPS) is 13.0. The first-order valence-corrected chi connectivity index (χ1v) is 8.92. The summed E-state index contributed by atoms with van der Waals surface area (Å²) in [6.45, 7) is 9.68. The van der Waals surface area contributed by atoms with E-state index in [1.807, 2.05) is 31.2 Å². The van der Waals surface area contributed by atoms with E-state index in [1.54, 1.807) is 11.3 Å². The van der Waals surface area contributed by atoms with E-state index in [0.29, 0.717) is 6.54 Å². The van der Waals surface area contributed by atoms with Gasteiger partial charge in [-0.15, -0.1) is 11.3 Å². The van der Waals surface area contributed by atoms with Crippen LogP contribution in [0.25, 0.3) is 0 Å². The molecule has 0 aliphatic carbocycles. The second kappa shape index (κ2) is 8.31. The topological polar surface area (TPSA) is 49.3 Å². The molecule has 0 aliphatic heterocycles.